The fourth-order valence-corrected chi connectivity index (χ4v) is 3.55. The Balaban J connectivity index is 2.67. The Labute approximate surface area is 188 Å². The highest BCUT2D eigenvalue weighted by Gasteiger charge is 2.22. The molecule has 0 spiro atoms. The minimum absolute atomic E-state index is 0.0569. The number of piperidine rings is 1. The van der Waals surface area contributed by atoms with E-state index >= 15 is 0 Å². The van der Waals surface area contributed by atoms with Crippen molar-refractivity contribution in [2.24, 2.45) is 10.9 Å². The van der Waals surface area contributed by atoms with Gasteiger partial charge in [-0.3, -0.25) is 14.6 Å². The van der Waals surface area contributed by atoms with Crippen molar-refractivity contribution in [3.63, 3.8) is 0 Å². The van der Waals surface area contributed by atoms with Gasteiger partial charge in [0.25, 0.3) is 0 Å². The van der Waals surface area contributed by atoms with E-state index in [9.17, 15) is 9.59 Å². The summed E-state index contributed by atoms with van der Waals surface area (Å²) in [5.74, 6) is -0.0370. The summed E-state index contributed by atoms with van der Waals surface area (Å²) in [4.78, 5) is 32.7. The van der Waals surface area contributed by atoms with Gasteiger partial charge in [0.15, 0.2) is 5.17 Å². The second-order valence-electron chi connectivity index (χ2n) is 10.1. The summed E-state index contributed by atoms with van der Waals surface area (Å²) >= 11 is 4.46. The van der Waals surface area contributed by atoms with Gasteiger partial charge in [-0.05, 0) is 93.3 Å². The van der Waals surface area contributed by atoms with Crippen molar-refractivity contribution in [1.29, 1.82) is 0 Å². The molecule has 0 amide bonds. The average molecular weight is 444 g/mol. The predicted molar refractivity (Wildman–Crippen MR) is 124 cm³/mol. The van der Waals surface area contributed by atoms with E-state index in [1.807, 2.05) is 41.5 Å². The summed E-state index contributed by atoms with van der Waals surface area (Å²) in [6.07, 6.45) is 4.46. The first-order valence-corrected chi connectivity index (χ1v) is 11.3. The van der Waals surface area contributed by atoms with Crippen molar-refractivity contribution in [2.75, 3.05) is 39.8 Å². The van der Waals surface area contributed by atoms with E-state index < -0.39 is 17.2 Å². The highest BCUT2D eigenvalue weighted by atomic mass is 32.1. The second kappa shape index (κ2) is 11.9. The predicted octanol–water partition coefficient (Wildman–Crippen LogP) is 3.38. The molecule has 0 aromatic rings. The highest BCUT2D eigenvalue weighted by molar-refractivity contribution is 7.96. The van der Waals surface area contributed by atoms with Crippen molar-refractivity contribution in [3.05, 3.63) is 0 Å². The van der Waals surface area contributed by atoms with Crippen LogP contribution >= 0.6 is 12.6 Å². The van der Waals surface area contributed by atoms with Crippen LogP contribution in [0.3, 0.4) is 0 Å². The smallest absolute Gasteiger partial charge is 0.328 e. The molecule has 1 rings (SSSR count). The summed E-state index contributed by atoms with van der Waals surface area (Å²) in [6, 6.07) is 0. The van der Waals surface area contributed by atoms with E-state index in [4.69, 9.17) is 9.47 Å². The number of rotatable bonds is 8. The zero-order valence-corrected chi connectivity index (χ0v) is 20.8. The van der Waals surface area contributed by atoms with Crippen molar-refractivity contribution in [2.45, 2.75) is 78.4 Å². The molecule has 0 saturated carbocycles. The molecular weight excluding hydrogens is 402 g/mol. The van der Waals surface area contributed by atoms with Crippen LogP contribution in [0.4, 0.5) is 0 Å². The number of amidine groups is 1. The molecule has 30 heavy (non-hydrogen) atoms. The Kier molecular flexibility index (Phi) is 10.6. The monoisotopic (exact) mass is 443 g/mol. The lowest BCUT2D eigenvalue weighted by atomic mass is 9.92. The van der Waals surface area contributed by atoms with Crippen LogP contribution in [0.25, 0.3) is 0 Å². The number of nitrogens with zero attached hydrogens (tertiary/aromatic N) is 3. The Hall–Kier alpha value is -1.28. The molecule has 1 fully saturated rings. The molecule has 0 unspecified atom stereocenters. The topological polar surface area (TPSA) is 71.4 Å². The number of aliphatic imine (C=N–C) groups is 1. The third kappa shape index (κ3) is 12.4. The van der Waals surface area contributed by atoms with E-state index in [1.54, 1.807) is 4.90 Å². The first-order valence-electron chi connectivity index (χ1n) is 10.9. The van der Waals surface area contributed by atoms with Crippen LogP contribution in [0.15, 0.2) is 4.99 Å². The van der Waals surface area contributed by atoms with Crippen LogP contribution in [0, 0.1) is 5.92 Å². The molecule has 0 bridgehead atoms. The van der Waals surface area contributed by atoms with Crippen molar-refractivity contribution >= 4 is 29.7 Å². The van der Waals surface area contributed by atoms with Gasteiger partial charge in [-0.15, -0.1) is 12.6 Å². The maximum atomic E-state index is 12.4. The molecular formula is C22H41N3O4S. The molecule has 0 atom stereocenters. The van der Waals surface area contributed by atoms with Crippen LogP contribution in [-0.2, 0) is 19.1 Å². The van der Waals surface area contributed by atoms with Crippen LogP contribution in [-0.4, -0.2) is 77.9 Å². The molecule has 8 heteroatoms. The van der Waals surface area contributed by atoms with Gasteiger partial charge in [-0.2, -0.15) is 0 Å². The van der Waals surface area contributed by atoms with Crippen molar-refractivity contribution in [1.82, 2.24) is 9.80 Å². The number of likely N-dealkylation sites (tertiary alicyclic amines) is 1. The molecule has 1 heterocycles. The summed E-state index contributed by atoms with van der Waals surface area (Å²) in [6.45, 7) is 13.8. The standard InChI is InChI=1S/C22H41N3O4S/c1-21(2,3)28-18(26)15-23-20(30)25(16-19(27)29-22(4,5)6)12-8-9-17-10-13-24(7)14-11-17/h17H,8-16H2,1-7H3,(H,23,30). The van der Waals surface area contributed by atoms with Gasteiger partial charge < -0.3 is 19.3 Å². The molecule has 1 aliphatic rings. The van der Waals surface area contributed by atoms with E-state index in [2.05, 4.69) is 29.6 Å². The van der Waals surface area contributed by atoms with E-state index in [1.165, 1.54) is 12.8 Å². The minimum Gasteiger partial charge on any atom is -0.459 e. The van der Waals surface area contributed by atoms with Gasteiger partial charge in [-0.25, -0.2) is 0 Å². The molecule has 1 saturated heterocycles. The van der Waals surface area contributed by atoms with Crippen molar-refractivity contribution in [3.8, 4) is 0 Å². The fourth-order valence-electron chi connectivity index (χ4n) is 3.31. The third-order valence-corrected chi connectivity index (χ3v) is 5.10. The lowest BCUT2D eigenvalue weighted by Gasteiger charge is -2.30. The lowest BCUT2D eigenvalue weighted by Crippen LogP contribution is -2.38. The van der Waals surface area contributed by atoms with Crippen LogP contribution in [0.2, 0.25) is 0 Å². The number of hydrogen-bond donors (Lipinski definition) is 1. The Morgan fingerprint density at radius 2 is 1.57 bits per heavy atom. The number of hydrogen-bond acceptors (Lipinski definition) is 6. The molecule has 1 aliphatic heterocycles. The summed E-state index contributed by atoms with van der Waals surface area (Å²) in [5, 5.41) is 0.357. The van der Waals surface area contributed by atoms with E-state index in [0.29, 0.717) is 17.6 Å². The van der Waals surface area contributed by atoms with Gasteiger partial charge in [-0.1, -0.05) is 0 Å². The molecule has 0 aliphatic carbocycles. The Morgan fingerprint density at radius 3 is 2.10 bits per heavy atom. The van der Waals surface area contributed by atoms with Gasteiger partial charge in [0, 0.05) is 6.54 Å². The Bertz CT molecular complexity index is 588. The summed E-state index contributed by atoms with van der Waals surface area (Å²) in [7, 11) is 2.16. The normalized spacial score (nSPS) is 17.0. The molecule has 0 aromatic carbocycles. The number of carbonyl (C=O) groups is 2. The SMILES string of the molecule is CN1CCC(CCCN(CC(=O)OC(C)(C)C)/C(S)=N/CC(=O)OC(C)(C)C)CC1. The van der Waals surface area contributed by atoms with Gasteiger partial charge in [0.05, 0.1) is 0 Å². The van der Waals surface area contributed by atoms with E-state index in [-0.39, 0.29) is 19.1 Å². The van der Waals surface area contributed by atoms with Gasteiger partial charge in [0.1, 0.15) is 24.3 Å². The molecule has 174 valence electrons. The quantitative estimate of drug-likeness (QED) is 0.268. The minimum atomic E-state index is -0.562. The Morgan fingerprint density at radius 1 is 1.03 bits per heavy atom. The first kappa shape index (κ1) is 26.8. The molecule has 7 nitrogen and oxygen atoms in total. The summed E-state index contributed by atoms with van der Waals surface area (Å²) < 4.78 is 10.7. The van der Waals surface area contributed by atoms with Crippen LogP contribution in [0.5, 0.6) is 0 Å². The van der Waals surface area contributed by atoms with Crippen LogP contribution < -0.4 is 0 Å². The fraction of sp³-hybridized carbons (Fsp3) is 0.864. The number of carbonyl (C=O) groups excluding carboxylic acids is 2. The molecule has 0 aromatic heterocycles. The lowest BCUT2D eigenvalue weighted by molar-refractivity contribution is -0.155. The van der Waals surface area contributed by atoms with E-state index in [0.717, 1.165) is 25.9 Å². The van der Waals surface area contributed by atoms with Gasteiger partial charge in [0.2, 0.25) is 0 Å². The third-order valence-electron chi connectivity index (χ3n) is 4.67. The molecule has 0 N–H and O–H groups in total. The zero-order chi connectivity index (χ0) is 22.9. The maximum absolute atomic E-state index is 12.4. The van der Waals surface area contributed by atoms with Crippen LogP contribution in [0.1, 0.15) is 67.2 Å². The second-order valence-corrected chi connectivity index (χ2v) is 10.5. The largest absolute Gasteiger partial charge is 0.459 e. The number of thiol groups is 1. The average Bonchev–Trinajstić information content (AvgIpc) is 2.57. The zero-order valence-electron chi connectivity index (χ0n) is 19.9. The van der Waals surface area contributed by atoms with Crippen molar-refractivity contribution < 1.29 is 19.1 Å². The van der Waals surface area contributed by atoms with Gasteiger partial charge >= 0.3 is 11.9 Å². The number of ether oxygens (including phenoxy) is 2. The highest BCUT2D eigenvalue weighted by Crippen LogP contribution is 2.21. The molecule has 0 radical (unpaired) electrons. The number of esters is 2. The first-order chi connectivity index (χ1) is 13.7. The summed E-state index contributed by atoms with van der Waals surface area (Å²) in [5.41, 5.74) is -1.12. The maximum Gasteiger partial charge on any atom is 0.328 e.